The van der Waals surface area contributed by atoms with Crippen molar-refractivity contribution in [3.8, 4) is 11.3 Å². The quantitative estimate of drug-likeness (QED) is 0.643. The van der Waals surface area contributed by atoms with Gasteiger partial charge in [-0.1, -0.05) is 11.6 Å². The number of aromatic nitrogens is 2. The van der Waals surface area contributed by atoms with Crippen molar-refractivity contribution < 1.29 is 4.42 Å². The lowest BCUT2D eigenvalue weighted by Crippen LogP contribution is -1.88. The summed E-state index contributed by atoms with van der Waals surface area (Å²) in [6.07, 6.45) is 3.54. The van der Waals surface area contributed by atoms with Gasteiger partial charge >= 0.3 is 0 Å². The highest BCUT2D eigenvalue weighted by molar-refractivity contribution is 6.34. The van der Waals surface area contributed by atoms with Crippen LogP contribution in [0.15, 0.2) is 41.1 Å². The van der Waals surface area contributed by atoms with Gasteiger partial charge in [-0.2, -0.15) is 5.10 Å². The van der Waals surface area contributed by atoms with Crippen LogP contribution in [-0.2, 0) is 7.05 Å². The molecule has 16 heavy (non-hydrogen) atoms. The van der Waals surface area contributed by atoms with Crippen molar-refractivity contribution in [2.75, 3.05) is 0 Å². The molecule has 4 heteroatoms. The van der Waals surface area contributed by atoms with Gasteiger partial charge in [0.1, 0.15) is 5.58 Å². The summed E-state index contributed by atoms with van der Waals surface area (Å²) in [6, 6.07) is 7.63. The standard InChI is InChI=1S/C12H9ClN2O/c1-15-4-2-11(14-15)9-7-12-8(3-5-16-12)6-10(9)13/h2-7H,1H3. The lowest BCUT2D eigenvalue weighted by atomic mass is 10.1. The second kappa shape index (κ2) is 3.39. The molecule has 0 fully saturated rings. The van der Waals surface area contributed by atoms with Gasteiger partial charge in [-0.15, -0.1) is 0 Å². The van der Waals surface area contributed by atoms with Crippen LogP contribution in [0.3, 0.4) is 0 Å². The van der Waals surface area contributed by atoms with Crippen molar-refractivity contribution in [2.45, 2.75) is 0 Å². The highest BCUT2D eigenvalue weighted by Gasteiger charge is 2.09. The number of furan rings is 1. The largest absolute Gasteiger partial charge is 0.464 e. The Hall–Kier alpha value is -1.74. The first-order valence-electron chi connectivity index (χ1n) is 4.91. The smallest absolute Gasteiger partial charge is 0.134 e. The monoisotopic (exact) mass is 232 g/mol. The zero-order valence-electron chi connectivity index (χ0n) is 8.64. The van der Waals surface area contributed by atoms with E-state index in [-0.39, 0.29) is 0 Å². The molecule has 0 aliphatic carbocycles. The summed E-state index contributed by atoms with van der Waals surface area (Å²) in [5.74, 6) is 0. The minimum atomic E-state index is 0.688. The van der Waals surface area contributed by atoms with E-state index in [1.54, 1.807) is 10.9 Å². The summed E-state index contributed by atoms with van der Waals surface area (Å²) in [5.41, 5.74) is 2.57. The Morgan fingerprint density at radius 3 is 2.94 bits per heavy atom. The first kappa shape index (κ1) is 9.48. The van der Waals surface area contributed by atoms with Gasteiger partial charge in [0.05, 0.1) is 17.0 Å². The second-order valence-corrected chi connectivity index (χ2v) is 4.07. The first-order valence-corrected chi connectivity index (χ1v) is 5.28. The SMILES string of the molecule is Cn1ccc(-c2cc3occc3cc2Cl)n1. The zero-order chi connectivity index (χ0) is 11.1. The van der Waals surface area contributed by atoms with Crippen LogP contribution in [0.1, 0.15) is 0 Å². The van der Waals surface area contributed by atoms with Crippen LogP contribution in [0.2, 0.25) is 5.02 Å². The van der Waals surface area contributed by atoms with E-state index in [9.17, 15) is 0 Å². The number of hydrogen-bond acceptors (Lipinski definition) is 2. The lowest BCUT2D eigenvalue weighted by molar-refractivity contribution is 0.616. The van der Waals surface area contributed by atoms with Crippen LogP contribution < -0.4 is 0 Å². The van der Waals surface area contributed by atoms with Crippen LogP contribution in [0, 0.1) is 0 Å². The maximum absolute atomic E-state index is 6.21. The number of rotatable bonds is 1. The van der Waals surface area contributed by atoms with Gasteiger partial charge in [0, 0.05) is 24.2 Å². The molecule has 1 aromatic carbocycles. The van der Waals surface area contributed by atoms with Crippen LogP contribution in [0.25, 0.3) is 22.2 Å². The average Bonchev–Trinajstić information content (AvgIpc) is 2.84. The normalized spacial score (nSPS) is 11.1. The molecule has 0 spiro atoms. The molecule has 0 radical (unpaired) electrons. The third kappa shape index (κ3) is 1.41. The van der Waals surface area contributed by atoms with Crippen LogP contribution >= 0.6 is 11.6 Å². The number of benzene rings is 1. The molecule has 0 N–H and O–H groups in total. The molecule has 3 rings (SSSR count). The summed E-state index contributed by atoms with van der Waals surface area (Å²) in [7, 11) is 1.88. The van der Waals surface area contributed by atoms with Crippen molar-refractivity contribution in [2.24, 2.45) is 7.05 Å². The Morgan fingerprint density at radius 1 is 1.31 bits per heavy atom. The van der Waals surface area contributed by atoms with Crippen LogP contribution in [0.4, 0.5) is 0 Å². The van der Waals surface area contributed by atoms with Crippen LogP contribution in [-0.4, -0.2) is 9.78 Å². The molecular formula is C12H9ClN2O. The highest BCUT2D eigenvalue weighted by Crippen LogP contribution is 2.31. The molecule has 3 aromatic rings. The summed E-state index contributed by atoms with van der Waals surface area (Å²) >= 11 is 6.21. The van der Waals surface area contributed by atoms with Gasteiger partial charge in [0.15, 0.2) is 0 Å². The van der Waals surface area contributed by atoms with Gasteiger partial charge in [-0.25, -0.2) is 0 Å². The Balaban J connectivity index is 2.26. The fourth-order valence-corrected chi connectivity index (χ4v) is 2.01. The zero-order valence-corrected chi connectivity index (χ0v) is 9.40. The number of nitrogens with zero attached hydrogens (tertiary/aromatic N) is 2. The predicted octanol–water partition coefficient (Wildman–Crippen LogP) is 3.49. The minimum absolute atomic E-state index is 0.688. The van der Waals surface area contributed by atoms with E-state index < -0.39 is 0 Å². The van der Waals surface area contributed by atoms with Crippen molar-refractivity contribution in [3.05, 3.63) is 41.7 Å². The van der Waals surface area contributed by atoms with Gasteiger partial charge in [0.2, 0.25) is 0 Å². The fourth-order valence-electron chi connectivity index (χ4n) is 1.74. The Labute approximate surface area is 97.2 Å². The molecule has 80 valence electrons. The van der Waals surface area contributed by atoms with Crippen molar-refractivity contribution >= 4 is 22.6 Å². The molecule has 0 unspecified atom stereocenters. The summed E-state index contributed by atoms with van der Waals surface area (Å²) < 4.78 is 7.10. The number of fused-ring (bicyclic) bond motifs is 1. The molecule has 0 aliphatic heterocycles. The third-order valence-corrected chi connectivity index (χ3v) is 2.84. The lowest BCUT2D eigenvalue weighted by Gasteiger charge is -2.00. The van der Waals surface area contributed by atoms with Crippen molar-refractivity contribution in [1.82, 2.24) is 9.78 Å². The molecular weight excluding hydrogens is 224 g/mol. The van der Waals surface area contributed by atoms with Crippen LogP contribution in [0.5, 0.6) is 0 Å². The molecule has 3 nitrogen and oxygen atoms in total. The molecule has 2 aromatic heterocycles. The predicted molar refractivity (Wildman–Crippen MR) is 63.4 cm³/mol. The third-order valence-electron chi connectivity index (χ3n) is 2.53. The summed E-state index contributed by atoms with van der Waals surface area (Å²) in [6.45, 7) is 0. The van der Waals surface area contributed by atoms with Gasteiger partial charge in [0.25, 0.3) is 0 Å². The van der Waals surface area contributed by atoms with E-state index in [0.717, 1.165) is 22.2 Å². The molecule has 0 atom stereocenters. The molecule has 0 amide bonds. The molecule has 2 heterocycles. The van der Waals surface area contributed by atoms with Gasteiger partial charge < -0.3 is 4.42 Å². The molecule has 0 aliphatic rings. The van der Waals surface area contributed by atoms with E-state index in [2.05, 4.69) is 5.10 Å². The van der Waals surface area contributed by atoms with E-state index in [0.29, 0.717) is 5.02 Å². The minimum Gasteiger partial charge on any atom is -0.464 e. The maximum Gasteiger partial charge on any atom is 0.134 e. The average molecular weight is 233 g/mol. The summed E-state index contributed by atoms with van der Waals surface area (Å²) in [4.78, 5) is 0. The molecule has 0 saturated heterocycles. The van der Waals surface area contributed by atoms with E-state index in [1.807, 2.05) is 37.5 Å². The Kier molecular flexibility index (Phi) is 2.01. The first-order chi connectivity index (χ1) is 7.74. The number of halogens is 1. The second-order valence-electron chi connectivity index (χ2n) is 3.67. The number of aryl methyl sites for hydroxylation is 1. The highest BCUT2D eigenvalue weighted by atomic mass is 35.5. The van der Waals surface area contributed by atoms with Crippen molar-refractivity contribution in [1.29, 1.82) is 0 Å². The molecule has 0 bridgehead atoms. The molecule has 0 saturated carbocycles. The summed E-state index contributed by atoms with van der Waals surface area (Å²) in [5, 5.41) is 6.02. The van der Waals surface area contributed by atoms with E-state index in [4.69, 9.17) is 16.0 Å². The van der Waals surface area contributed by atoms with Gasteiger partial charge in [-0.05, 0) is 24.3 Å². The van der Waals surface area contributed by atoms with E-state index >= 15 is 0 Å². The fraction of sp³-hybridized carbons (Fsp3) is 0.0833. The Bertz CT molecular complexity index is 654. The van der Waals surface area contributed by atoms with Gasteiger partial charge in [-0.3, -0.25) is 4.68 Å². The maximum atomic E-state index is 6.21. The topological polar surface area (TPSA) is 31.0 Å². The van der Waals surface area contributed by atoms with Crippen molar-refractivity contribution in [3.63, 3.8) is 0 Å². The Morgan fingerprint density at radius 2 is 2.19 bits per heavy atom. The number of hydrogen-bond donors (Lipinski definition) is 0. The van der Waals surface area contributed by atoms with E-state index in [1.165, 1.54) is 0 Å².